The van der Waals surface area contributed by atoms with Gasteiger partial charge in [0.15, 0.2) is 0 Å². The van der Waals surface area contributed by atoms with E-state index >= 15 is 0 Å². The zero-order chi connectivity index (χ0) is 20.9. The van der Waals surface area contributed by atoms with Crippen LogP contribution in [0.15, 0.2) is 97.1 Å². The van der Waals surface area contributed by atoms with Crippen LogP contribution in [0.3, 0.4) is 0 Å². The van der Waals surface area contributed by atoms with E-state index in [9.17, 15) is 0 Å². The van der Waals surface area contributed by atoms with Crippen LogP contribution in [0.5, 0.6) is 5.75 Å². The Morgan fingerprint density at radius 1 is 0.767 bits per heavy atom. The maximum Gasteiger partial charge on any atom is -0.171 e. The SMILES string of the molecule is Cc1cc(C)cc(O)c1.Cl.Cl.[C-]1=CC=CC1.[CH2]=[Ti].[c-]1ccccc1.[c-]1ccccc1. The van der Waals surface area contributed by atoms with Crippen molar-refractivity contribution in [3.8, 4) is 5.75 Å². The van der Waals surface area contributed by atoms with Gasteiger partial charge in [0.05, 0.1) is 0 Å². The van der Waals surface area contributed by atoms with Crippen molar-refractivity contribution in [1.82, 2.24) is 0 Å². The first-order valence-electron chi connectivity index (χ1n) is 8.85. The molecule has 0 radical (unpaired) electrons. The monoisotopic (exact) mass is 475 g/mol. The van der Waals surface area contributed by atoms with E-state index in [1.807, 2.05) is 92.7 Å². The molecule has 3 aromatic rings. The number of aromatic hydroxyl groups is 1. The molecule has 0 aromatic heterocycles. The van der Waals surface area contributed by atoms with Crippen LogP contribution in [0.25, 0.3) is 0 Å². The summed E-state index contributed by atoms with van der Waals surface area (Å²) in [5, 5.41) is 8.99. The summed E-state index contributed by atoms with van der Waals surface area (Å²) in [6.45, 7) is 3.93. The molecule has 0 fully saturated rings. The topological polar surface area (TPSA) is 20.2 Å². The molecular formula is C26H29Cl2OTi-3. The second-order valence-electron chi connectivity index (χ2n) is 5.50. The van der Waals surface area contributed by atoms with Gasteiger partial charge in [-0.2, -0.15) is 78.9 Å². The molecule has 0 amide bonds. The van der Waals surface area contributed by atoms with Crippen molar-refractivity contribution in [2.45, 2.75) is 20.3 Å². The van der Waals surface area contributed by atoms with E-state index in [1.165, 1.54) is 0 Å². The fourth-order valence-corrected chi connectivity index (χ4v) is 1.97. The minimum atomic E-state index is 0. The van der Waals surface area contributed by atoms with Gasteiger partial charge < -0.3 is 5.11 Å². The summed E-state index contributed by atoms with van der Waals surface area (Å²) in [5.41, 5.74) is 2.21. The van der Waals surface area contributed by atoms with Gasteiger partial charge in [-0.15, -0.1) is 31.2 Å². The quantitative estimate of drug-likeness (QED) is 0.271. The molecule has 160 valence electrons. The number of benzene rings is 3. The normalized spacial score (nSPS) is 9.10. The largest absolute Gasteiger partial charge is 0.184 e. The predicted octanol–water partition coefficient (Wildman–Crippen LogP) is 7.10. The summed E-state index contributed by atoms with van der Waals surface area (Å²) >= 11 is 1.75. The Kier molecular flexibility index (Phi) is 27.5. The number of rotatable bonds is 0. The molecule has 0 saturated carbocycles. The van der Waals surface area contributed by atoms with Crippen molar-refractivity contribution < 1.29 is 25.1 Å². The smallest absolute Gasteiger partial charge is 0.171 e. The predicted molar refractivity (Wildman–Crippen MR) is 131 cm³/mol. The fourth-order valence-electron chi connectivity index (χ4n) is 1.97. The molecule has 0 spiro atoms. The summed E-state index contributed by atoms with van der Waals surface area (Å²) in [6.07, 6.45) is 10.0. The zero-order valence-electron chi connectivity index (χ0n) is 17.4. The van der Waals surface area contributed by atoms with Crippen LogP contribution in [-0.2, 0) is 20.0 Å². The van der Waals surface area contributed by atoms with Gasteiger partial charge in [0.25, 0.3) is 0 Å². The maximum atomic E-state index is 8.99. The number of allylic oxidation sites excluding steroid dienone is 4. The Hall–Kier alpha value is -1.90. The van der Waals surface area contributed by atoms with Crippen LogP contribution >= 0.6 is 24.8 Å². The Balaban J connectivity index is -0.000000314. The molecule has 1 aliphatic rings. The summed E-state index contributed by atoms with van der Waals surface area (Å²) in [4.78, 5) is 3.25. The second-order valence-corrected chi connectivity index (χ2v) is 5.50. The van der Waals surface area contributed by atoms with Gasteiger partial charge in [-0.3, -0.25) is 6.08 Å². The average molecular weight is 476 g/mol. The second kappa shape index (κ2) is 25.1. The van der Waals surface area contributed by atoms with Gasteiger partial charge in [-0.25, -0.2) is 12.2 Å². The number of hydrogen-bond donors (Lipinski definition) is 1. The summed E-state index contributed by atoms with van der Waals surface area (Å²) in [6, 6.07) is 30.5. The first-order chi connectivity index (χ1) is 13.7. The maximum absolute atomic E-state index is 8.99. The summed E-state index contributed by atoms with van der Waals surface area (Å²) < 4.78 is 0. The molecule has 0 aliphatic heterocycles. The van der Waals surface area contributed by atoms with E-state index in [0.717, 1.165) is 17.5 Å². The van der Waals surface area contributed by atoms with E-state index in [4.69, 9.17) is 5.11 Å². The van der Waals surface area contributed by atoms with Gasteiger partial charge in [0, 0.05) is 0 Å². The van der Waals surface area contributed by atoms with Crippen LogP contribution in [0.2, 0.25) is 0 Å². The minimum Gasteiger partial charge on any atom is -0.184 e. The first kappa shape index (κ1) is 32.8. The molecule has 4 heteroatoms. The van der Waals surface area contributed by atoms with Gasteiger partial charge in [0.1, 0.15) is 5.75 Å². The van der Waals surface area contributed by atoms with Crippen molar-refractivity contribution in [2.24, 2.45) is 0 Å². The Bertz CT molecular complexity index is 630. The third-order valence-corrected chi connectivity index (χ3v) is 3.01. The molecule has 30 heavy (non-hydrogen) atoms. The number of hydrogen-bond acceptors (Lipinski definition) is 1. The van der Waals surface area contributed by atoms with Gasteiger partial charge >= 0.3 is 24.8 Å². The van der Waals surface area contributed by atoms with E-state index in [0.29, 0.717) is 5.75 Å². The van der Waals surface area contributed by atoms with Gasteiger partial charge in [0.2, 0.25) is 0 Å². The Labute approximate surface area is 206 Å². The van der Waals surface area contributed by atoms with Crippen LogP contribution in [0.4, 0.5) is 0 Å². The number of halogens is 2. The molecule has 0 atom stereocenters. The molecule has 0 unspecified atom stereocenters. The molecule has 0 heterocycles. The van der Waals surface area contributed by atoms with Crippen LogP contribution in [0.1, 0.15) is 17.5 Å². The first-order valence-corrected chi connectivity index (χ1v) is 9.95. The molecular weight excluding hydrogens is 447 g/mol. The minimum absolute atomic E-state index is 0. The molecule has 1 aliphatic carbocycles. The van der Waals surface area contributed by atoms with Crippen molar-refractivity contribution in [3.05, 3.63) is 126 Å². The number of phenolic OH excluding ortho intramolecular Hbond substituents is 1. The van der Waals surface area contributed by atoms with Crippen molar-refractivity contribution in [3.63, 3.8) is 0 Å². The summed E-state index contributed by atoms with van der Waals surface area (Å²) in [5.74, 6) is 0.354. The van der Waals surface area contributed by atoms with Crippen LogP contribution in [-0.4, -0.2) is 9.92 Å². The molecule has 4 rings (SSSR count). The summed E-state index contributed by atoms with van der Waals surface area (Å²) in [7, 11) is 0. The van der Waals surface area contributed by atoms with Gasteiger partial charge in [-0.05, 0) is 37.1 Å². The molecule has 1 nitrogen and oxygen atoms in total. The van der Waals surface area contributed by atoms with Crippen LogP contribution in [0, 0.1) is 32.1 Å². The van der Waals surface area contributed by atoms with E-state index in [-0.39, 0.29) is 24.8 Å². The molecule has 3 aromatic carbocycles. The Morgan fingerprint density at radius 2 is 1.20 bits per heavy atom. The average Bonchev–Trinajstić information content (AvgIpc) is 3.32. The number of phenols is 1. The third-order valence-electron chi connectivity index (χ3n) is 3.01. The Morgan fingerprint density at radius 3 is 1.37 bits per heavy atom. The standard InChI is InChI=1S/C8H10O.2C6H5.C5H5.CH2.2ClH.Ti/c1-6-3-7(2)5-8(9)4-6;2*1-2-4-6-5-3-1;1-2-4-5-3-1;;;;/h3-5,9H,1-2H3;2*1-5H;1-3H,4H2;1H2;2*1H;/q;3*-1;;;;. The third kappa shape index (κ3) is 22.4. The van der Waals surface area contributed by atoms with Crippen molar-refractivity contribution in [2.75, 3.05) is 0 Å². The molecule has 0 bridgehead atoms. The zero-order valence-corrected chi connectivity index (χ0v) is 20.6. The van der Waals surface area contributed by atoms with Crippen LogP contribution < -0.4 is 0 Å². The van der Waals surface area contributed by atoms with E-state index in [2.05, 4.69) is 29.1 Å². The fraction of sp³-hybridized carbons (Fsp3) is 0.115. The number of aryl methyl sites for hydroxylation is 2. The molecule has 0 saturated heterocycles. The van der Waals surface area contributed by atoms with E-state index in [1.54, 1.807) is 32.1 Å². The van der Waals surface area contributed by atoms with Gasteiger partial charge in [-0.1, -0.05) is 6.07 Å². The van der Waals surface area contributed by atoms with E-state index < -0.39 is 0 Å². The van der Waals surface area contributed by atoms with Crippen molar-refractivity contribution in [1.29, 1.82) is 0 Å². The molecule has 1 N–H and O–H groups in total. The van der Waals surface area contributed by atoms with Crippen molar-refractivity contribution >= 4 is 29.6 Å².